The molecule has 0 aliphatic carbocycles. The van der Waals surface area contributed by atoms with E-state index in [1.165, 1.54) is 20.8 Å². The number of alkyl halides is 1. The second-order valence-electron chi connectivity index (χ2n) is 14.1. The van der Waals surface area contributed by atoms with Crippen molar-refractivity contribution in [3.05, 3.63) is 143 Å². The van der Waals surface area contributed by atoms with Gasteiger partial charge in [-0.1, -0.05) is 165 Å². The molecule has 4 aromatic rings. The lowest BCUT2D eigenvalue weighted by molar-refractivity contribution is -0.139. The zero-order chi connectivity index (χ0) is 67.4. The summed E-state index contributed by atoms with van der Waals surface area (Å²) in [5.41, 5.74) is 23.6. The number of fused-ring (bicyclic) bond motifs is 1. The molecule has 410 valence electrons. The summed E-state index contributed by atoms with van der Waals surface area (Å²) < 4.78 is 86.8. The number of halogens is 1. The molecule has 0 saturated carbocycles. The maximum Gasteiger partial charge on any atom is 0.325 e. The molecule has 0 radical (unpaired) electrons. The molecule has 1 aliphatic heterocycles. The molecule has 5 rings (SSSR count). The minimum atomic E-state index is -1.53. The summed E-state index contributed by atoms with van der Waals surface area (Å²) in [5.74, 6) is -5.59. The van der Waals surface area contributed by atoms with Gasteiger partial charge in [0.2, 0.25) is 0 Å². The molecule has 15 N–H and O–H groups in total. The number of carboxylic acids is 4. The number of aliphatic carboxylic acids is 4. The van der Waals surface area contributed by atoms with Gasteiger partial charge in [0, 0.05) is 34.4 Å². The molecule has 20 nitrogen and oxygen atoms in total. The average Bonchev–Trinajstić information content (AvgIpc) is 3.64. The number of benzene rings is 4. The van der Waals surface area contributed by atoms with E-state index in [4.69, 9.17) is 65.1 Å². The van der Waals surface area contributed by atoms with E-state index in [2.05, 4.69) is 31.6 Å². The molecule has 0 fully saturated rings. The largest absolute Gasteiger partial charge is 0.481 e. The fraction of sp³-hybridized carbons (Fsp3) is 0.389. The Kier molecular flexibility index (Phi) is 29.3. The molecule has 0 spiro atoms. The van der Waals surface area contributed by atoms with E-state index < -0.39 is 130 Å². The number of hydrogen-bond acceptors (Lipinski definition) is 13. The predicted molar refractivity (Wildman–Crippen MR) is 292 cm³/mol. The highest BCUT2D eigenvalue weighted by molar-refractivity contribution is 9.09. The minimum Gasteiger partial charge on any atom is -0.481 e. The molecule has 0 bridgehead atoms. The van der Waals surface area contributed by atoms with Crippen molar-refractivity contribution in [2.24, 2.45) is 27.9 Å². The molecule has 1 unspecified atom stereocenters. The number of amides is 2. The van der Waals surface area contributed by atoms with Crippen LogP contribution in [0.1, 0.15) is 162 Å². The first kappa shape index (κ1) is 49.8. The van der Waals surface area contributed by atoms with Crippen LogP contribution in [-0.2, 0) is 24.0 Å². The summed E-state index contributed by atoms with van der Waals surface area (Å²) in [6, 6.07) is 31.8. The zero-order valence-electron chi connectivity index (χ0n) is 53.2. The van der Waals surface area contributed by atoms with E-state index in [0.29, 0.717) is 23.0 Å². The van der Waals surface area contributed by atoms with E-state index in [1.807, 2.05) is 60.7 Å². The third kappa shape index (κ3) is 34.7. The Labute approximate surface area is 464 Å². The number of aldehydes is 1. The summed E-state index contributed by atoms with van der Waals surface area (Å²) in [6.07, 6.45) is -11.3. The highest BCUT2D eigenvalue weighted by Crippen LogP contribution is 2.22. The van der Waals surface area contributed by atoms with Gasteiger partial charge >= 0.3 is 23.9 Å². The number of carbonyl (C=O) groups excluding carboxylic acids is 3. The van der Waals surface area contributed by atoms with E-state index >= 15 is 0 Å². The van der Waals surface area contributed by atoms with Crippen molar-refractivity contribution in [2.75, 3.05) is 13.1 Å². The normalized spacial score (nSPS) is 19.7. The number of imide groups is 1. The van der Waals surface area contributed by atoms with Crippen molar-refractivity contribution in [3.8, 4) is 6.07 Å². The number of nitriles is 1. The summed E-state index contributed by atoms with van der Waals surface area (Å²) in [7, 11) is 0. The maximum atomic E-state index is 10.9. The van der Waals surface area contributed by atoms with E-state index in [0.717, 1.165) is 11.1 Å². The van der Waals surface area contributed by atoms with Crippen molar-refractivity contribution in [1.82, 2.24) is 10.6 Å². The van der Waals surface area contributed by atoms with Gasteiger partial charge in [-0.3, -0.25) is 44.4 Å². The Bertz CT molecular complexity index is 2680. The molecule has 75 heavy (non-hydrogen) atoms. The SMILES string of the molecule is O=C(O)C(Br)c1ccccc1.O=C1NC(=O)c2ccccc21.[15NH2][C@@H](C(=O)O)c1ccccc1.[2H][C@@H]([C@H]([2H])C)[C@H]([2H])C(=O)O.[2H][C@@H]([C@H]([2H])C)[C@H]([2H])C=O.[2H][C@H]([C@@H]([2H])[C@@H](C#N)N[C@@H](CO)c1ccccc1)[C@H]([2H])C.[2H][C@H]([C@@H]([2H])[C@H](N)C(=O)O)[C@H]([2H])N=C(N)N. The second-order valence-corrected chi connectivity index (χ2v) is 15.1. The number of nitrogens with one attached hydrogen (secondary N) is 2. The summed E-state index contributed by atoms with van der Waals surface area (Å²) >= 11 is 3.05. The van der Waals surface area contributed by atoms with Crippen LogP contribution in [0.4, 0.5) is 0 Å². The van der Waals surface area contributed by atoms with Gasteiger partial charge in [0.15, 0.2) is 5.96 Å². The lowest BCUT2D eigenvalue weighted by Crippen LogP contribution is -2.33. The van der Waals surface area contributed by atoms with E-state index in [9.17, 15) is 38.7 Å². The van der Waals surface area contributed by atoms with Crippen LogP contribution >= 0.6 is 15.9 Å². The van der Waals surface area contributed by atoms with Crippen LogP contribution < -0.4 is 33.6 Å². The van der Waals surface area contributed by atoms with Crippen molar-refractivity contribution >= 4 is 63.9 Å². The number of rotatable bonds is 22. The second kappa shape index (κ2) is 44.2. The van der Waals surface area contributed by atoms with Gasteiger partial charge < -0.3 is 53.3 Å². The number of hydrogen-bond donors (Lipinski definition) is 11. The Morgan fingerprint density at radius 2 is 1.17 bits per heavy atom. The third-order valence-electron chi connectivity index (χ3n) is 8.50. The van der Waals surface area contributed by atoms with Crippen LogP contribution in [0.15, 0.2) is 120 Å². The molecule has 2 amide bonds. The molecule has 0 saturated heterocycles. The lowest BCUT2D eigenvalue weighted by atomic mass is 10.0. The highest BCUT2D eigenvalue weighted by Gasteiger charge is 2.25. The lowest BCUT2D eigenvalue weighted by Gasteiger charge is -2.20. The molecule has 17 atom stereocenters. The van der Waals surface area contributed by atoms with Crippen molar-refractivity contribution < 1.29 is 75.5 Å². The van der Waals surface area contributed by atoms with Gasteiger partial charge in [0.05, 0.1) is 37.3 Å². The summed E-state index contributed by atoms with van der Waals surface area (Å²) in [6.45, 7) is 2.83. The molecule has 1 heterocycles. The first-order valence-electron chi connectivity index (χ1n) is 29.0. The van der Waals surface area contributed by atoms with Crippen LogP contribution in [0.2, 0.25) is 0 Å². The minimum absolute atomic E-state index is 0.200. The zero-order valence-corrected chi connectivity index (χ0v) is 42.8. The third-order valence-corrected chi connectivity index (χ3v) is 9.42. The average molecular weight is 1120 g/mol. The van der Waals surface area contributed by atoms with Gasteiger partial charge in [-0.25, -0.2) is 0 Å². The molecule has 1 aliphatic rings. The number of nitrogens with two attached hydrogens (primary N) is 4. The van der Waals surface area contributed by atoms with Crippen LogP contribution in [0, 0.1) is 11.3 Å². The van der Waals surface area contributed by atoms with Crippen LogP contribution in [0.3, 0.4) is 0 Å². The Balaban J connectivity index is 0. The van der Waals surface area contributed by atoms with Crippen molar-refractivity contribution in [1.29, 1.82) is 5.26 Å². The van der Waals surface area contributed by atoms with Gasteiger partial charge in [0.25, 0.3) is 11.8 Å². The molecule has 21 heteroatoms. The van der Waals surface area contributed by atoms with Crippen molar-refractivity contribution in [3.63, 3.8) is 0 Å². The fourth-order valence-corrected chi connectivity index (χ4v) is 5.22. The topological polar surface area (TPSA) is 385 Å². The monoisotopic (exact) mass is 1120 g/mol. The molecular formula is C54H75BrN8O12. The Morgan fingerprint density at radius 1 is 0.707 bits per heavy atom. The molecule has 0 aromatic heterocycles. The van der Waals surface area contributed by atoms with Crippen LogP contribution in [-0.4, -0.2) is 98.7 Å². The van der Waals surface area contributed by atoms with Gasteiger partial charge in [-0.05, 0) is 60.8 Å². The number of aliphatic imine (C=N–C) groups is 1. The predicted octanol–water partition coefficient (Wildman–Crippen LogP) is 7.03. The Hall–Kier alpha value is -7.35. The smallest absolute Gasteiger partial charge is 0.325 e. The van der Waals surface area contributed by atoms with E-state index in [1.54, 1.807) is 60.7 Å². The van der Waals surface area contributed by atoms with Crippen molar-refractivity contribution in [2.45, 2.75) is 120 Å². The first-order chi connectivity index (χ1) is 40.5. The quantitative estimate of drug-likeness (QED) is 0.00939. The van der Waals surface area contributed by atoms with Gasteiger partial charge in [-0.2, -0.15) is 5.26 Å². The Morgan fingerprint density at radius 3 is 1.53 bits per heavy atom. The van der Waals surface area contributed by atoms with Crippen LogP contribution in [0.5, 0.6) is 0 Å². The number of carbonyl (C=O) groups is 7. The number of aliphatic hydroxyl groups excluding tert-OH is 1. The summed E-state index contributed by atoms with van der Waals surface area (Å²) in [4.78, 5) is 75.8. The first-order valence-corrected chi connectivity index (χ1v) is 23.0. The number of guanidine groups is 1. The van der Waals surface area contributed by atoms with Gasteiger partial charge in [0.1, 0.15) is 23.2 Å². The maximum absolute atomic E-state index is 10.9. The summed E-state index contributed by atoms with van der Waals surface area (Å²) in [5, 5.41) is 57.5. The van der Waals surface area contributed by atoms with E-state index in [-0.39, 0.29) is 24.4 Å². The molecule has 4 aromatic carbocycles. The fourth-order valence-electron chi connectivity index (χ4n) is 4.91. The number of carboxylic acid groups (broad SMARTS) is 4. The van der Waals surface area contributed by atoms with Gasteiger partial charge in [-0.15, -0.1) is 0 Å². The molecular weight excluding hydrogens is 1030 g/mol. The highest BCUT2D eigenvalue weighted by atomic mass is 79.9. The van der Waals surface area contributed by atoms with Crippen LogP contribution in [0.25, 0.3) is 0 Å². The number of aliphatic hydroxyl groups is 1. The number of nitrogens with zero attached hydrogens (tertiary/aromatic N) is 2. The standard InChI is InChI=1S/C14H20N2O.C8H7BrO2.C8H5NO2.C8H9NO2.C6H14N4O2.C5H10O2.C5H10O/c1-2-3-9-13(10-15)16-14(11-17)12-7-5-4-6-8-12;9-7(8(10)11)6-4-2-1-3-5-6;10-7-5-3-1-2-4-6(5)8(11)9-7;9-7(8(10)11)6-4-2-1-3-5-6;7-4(5(11)12)2-1-3-10-6(8)9;1-2-3-4-5(6)7;1-2-3-4-5-6/h4-8,13-14,16-17H,2-3,9,11H2,1H3;1-5,7H,(H,10,11);1-4H,(H,9,10,11);1-5,7H,9H2,(H,10,11);4H,1-3,7H2,(H,11,12)(H4,8,9,10);2-4H2,1H3,(H,6,7);5H,2-4H2,1H3/t13-,14-;;;7-;4-;;/m0..10../s1/i2D,3D,9D;;;9+1;1D,2D,3D;2*2D,3D,4D/t2-,3+,9-,13+,14+;;;m;1-,2-,3+,4+;2*2-,3+,4+/m1..1111/s1.